The van der Waals surface area contributed by atoms with Crippen molar-refractivity contribution in [2.45, 2.75) is 39.8 Å². The maximum atomic E-state index is 12.5. The van der Waals surface area contributed by atoms with E-state index in [1.165, 1.54) is 4.57 Å². The summed E-state index contributed by atoms with van der Waals surface area (Å²) in [5, 5.41) is 12.0. The lowest BCUT2D eigenvalue weighted by Crippen LogP contribution is -2.44. The summed E-state index contributed by atoms with van der Waals surface area (Å²) in [6.45, 7) is 3.78. The summed E-state index contributed by atoms with van der Waals surface area (Å²) in [6, 6.07) is 7.50. The Hall–Kier alpha value is -3.14. The predicted molar refractivity (Wildman–Crippen MR) is 92.5 cm³/mol. The maximum Gasteiger partial charge on any atom is 0.331 e. The van der Waals surface area contributed by atoms with Gasteiger partial charge in [-0.1, -0.05) is 18.2 Å². The number of rotatable bonds is 3. The highest BCUT2D eigenvalue weighted by molar-refractivity contribution is 5.92. The molecule has 0 bridgehead atoms. The second-order valence-corrected chi connectivity index (χ2v) is 6.18. The first-order valence-corrected chi connectivity index (χ1v) is 8.06. The first-order chi connectivity index (χ1) is 11.9. The number of carbonyl (C=O) groups excluding carboxylic acids is 1. The molecule has 0 saturated carbocycles. The van der Waals surface area contributed by atoms with Crippen LogP contribution < -0.4 is 16.6 Å². The molecule has 0 atom stereocenters. The maximum absolute atomic E-state index is 12.5. The van der Waals surface area contributed by atoms with Crippen LogP contribution in [0.5, 0.6) is 0 Å². The first-order valence-electron chi connectivity index (χ1n) is 8.06. The van der Waals surface area contributed by atoms with Crippen molar-refractivity contribution in [1.29, 1.82) is 5.26 Å². The Bertz CT molecular complexity index is 1000. The second kappa shape index (κ2) is 6.40. The fourth-order valence-corrected chi connectivity index (χ4v) is 3.22. The van der Waals surface area contributed by atoms with E-state index in [1.54, 1.807) is 0 Å². The second-order valence-electron chi connectivity index (χ2n) is 6.18. The number of amides is 1. The molecule has 7 nitrogen and oxygen atoms in total. The standard InChI is InChI=1S/C18H18N4O3/c1-11-5-3-6-12(2)16(11)20-15(23)10-22-17(24)13(9-19)14-7-4-8-21(14)18(22)25/h3,5-6H,4,7-8,10H2,1-2H3,(H,20,23). The van der Waals surface area contributed by atoms with E-state index in [4.69, 9.17) is 0 Å². The molecule has 1 N–H and O–H groups in total. The molecule has 25 heavy (non-hydrogen) atoms. The van der Waals surface area contributed by atoms with Crippen LogP contribution in [0.4, 0.5) is 5.69 Å². The van der Waals surface area contributed by atoms with Crippen molar-refractivity contribution in [3.8, 4) is 6.07 Å². The Kier molecular flexibility index (Phi) is 4.28. The van der Waals surface area contributed by atoms with E-state index in [0.717, 1.165) is 15.7 Å². The van der Waals surface area contributed by atoms with Gasteiger partial charge in [-0.2, -0.15) is 5.26 Å². The van der Waals surface area contributed by atoms with Gasteiger partial charge in [-0.25, -0.2) is 9.36 Å². The van der Waals surface area contributed by atoms with Gasteiger partial charge in [0.2, 0.25) is 5.91 Å². The summed E-state index contributed by atoms with van der Waals surface area (Å²) in [7, 11) is 0. The van der Waals surface area contributed by atoms with Crippen molar-refractivity contribution >= 4 is 11.6 Å². The van der Waals surface area contributed by atoms with E-state index in [1.807, 2.05) is 38.1 Å². The van der Waals surface area contributed by atoms with Crippen LogP contribution in [0.3, 0.4) is 0 Å². The van der Waals surface area contributed by atoms with Crippen molar-refractivity contribution < 1.29 is 4.79 Å². The predicted octanol–water partition coefficient (Wildman–Crippen LogP) is 1.08. The van der Waals surface area contributed by atoms with Crippen LogP contribution >= 0.6 is 0 Å². The van der Waals surface area contributed by atoms with Gasteiger partial charge in [-0.3, -0.25) is 14.2 Å². The molecule has 1 aliphatic heterocycles. The first kappa shape index (κ1) is 16.7. The number of fused-ring (bicyclic) bond motifs is 1. The van der Waals surface area contributed by atoms with Gasteiger partial charge in [0.1, 0.15) is 18.2 Å². The lowest BCUT2D eigenvalue weighted by molar-refractivity contribution is -0.116. The van der Waals surface area contributed by atoms with Gasteiger partial charge in [0.15, 0.2) is 0 Å². The number of hydrogen-bond acceptors (Lipinski definition) is 4. The third kappa shape index (κ3) is 2.87. The van der Waals surface area contributed by atoms with Gasteiger partial charge in [0.05, 0.1) is 0 Å². The number of aryl methyl sites for hydroxylation is 2. The number of anilines is 1. The van der Waals surface area contributed by atoms with Crippen molar-refractivity contribution in [2.75, 3.05) is 5.32 Å². The quantitative estimate of drug-likeness (QED) is 0.906. The Labute approximate surface area is 144 Å². The monoisotopic (exact) mass is 338 g/mol. The van der Waals surface area contributed by atoms with E-state index in [2.05, 4.69) is 5.32 Å². The van der Waals surface area contributed by atoms with Crippen molar-refractivity contribution in [3.63, 3.8) is 0 Å². The Morgan fingerprint density at radius 2 is 1.96 bits per heavy atom. The van der Waals surface area contributed by atoms with Gasteiger partial charge in [0.25, 0.3) is 5.56 Å². The number of nitrogens with zero attached hydrogens (tertiary/aromatic N) is 3. The zero-order valence-corrected chi connectivity index (χ0v) is 14.1. The van der Waals surface area contributed by atoms with Crippen LogP contribution in [0.15, 0.2) is 27.8 Å². The summed E-state index contributed by atoms with van der Waals surface area (Å²) >= 11 is 0. The topological polar surface area (TPSA) is 96.9 Å². The number of carbonyl (C=O) groups is 1. The van der Waals surface area contributed by atoms with Crippen LogP contribution in [0.2, 0.25) is 0 Å². The van der Waals surface area contributed by atoms with Crippen molar-refractivity contribution in [3.05, 3.63) is 61.4 Å². The van der Waals surface area contributed by atoms with E-state index < -0.39 is 23.7 Å². The van der Waals surface area contributed by atoms with E-state index in [0.29, 0.717) is 30.8 Å². The Morgan fingerprint density at radius 3 is 2.60 bits per heavy atom. The van der Waals surface area contributed by atoms with E-state index in [9.17, 15) is 19.6 Å². The SMILES string of the molecule is Cc1cccc(C)c1NC(=O)Cn1c(=O)c(C#N)c2n(c1=O)CCC2. The Morgan fingerprint density at radius 1 is 1.28 bits per heavy atom. The van der Waals surface area contributed by atoms with Crippen LogP contribution in [0.25, 0.3) is 0 Å². The highest BCUT2D eigenvalue weighted by Gasteiger charge is 2.23. The summed E-state index contributed by atoms with van der Waals surface area (Å²) in [4.78, 5) is 37.3. The fourth-order valence-electron chi connectivity index (χ4n) is 3.22. The van der Waals surface area contributed by atoms with Crippen LogP contribution in [0, 0.1) is 25.2 Å². The lowest BCUT2D eigenvalue weighted by Gasteiger charge is -2.13. The largest absolute Gasteiger partial charge is 0.331 e. The summed E-state index contributed by atoms with van der Waals surface area (Å²) in [6.07, 6.45) is 1.24. The minimum absolute atomic E-state index is 0.0445. The number of para-hydroxylation sites is 1. The minimum atomic E-state index is -0.697. The molecule has 0 spiro atoms. The average molecular weight is 338 g/mol. The zero-order chi connectivity index (χ0) is 18.1. The molecule has 1 aromatic carbocycles. The van der Waals surface area contributed by atoms with E-state index in [-0.39, 0.29) is 5.56 Å². The highest BCUT2D eigenvalue weighted by atomic mass is 16.2. The number of hydrogen-bond donors (Lipinski definition) is 1. The van der Waals surface area contributed by atoms with Gasteiger partial charge in [-0.05, 0) is 37.8 Å². The smallest absolute Gasteiger partial charge is 0.324 e. The molecule has 0 radical (unpaired) electrons. The van der Waals surface area contributed by atoms with Crippen molar-refractivity contribution in [2.24, 2.45) is 0 Å². The van der Waals surface area contributed by atoms with E-state index >= 15 is 0 Å². The normalized spacial score (nSPS) is 12.5. The molecule has 0 unspecified atom stereocenters. The number of benzene rings is 1. The summed E-state index contributed by atoms with van der Waals surface area (Å²) in [5.74, 6) is -0.473. The van der Waals surface area contributed by atoms with Gasteiger partial charge in [0, 0.05) is 17.9 Å². The molecule has 0 aliphatic carbocycles. The van der Waals surface area contributed by atoms with Crippen molar-refractivity contribution in [1.82, 2.24) is 9.13 Å². The molecular formula is C18H18N4O3. The molecule has 2 heterocycles. The fraction of sp³-hybridized carbons (Fsp3) is 0.333. The third-order valence-corrected chi connectivity index (χ3v) is 4.49. The lowest BCUT2D eigenvalue weighted by atomic mass is 10.1. The molecule has 2 aromatic rings. The molecule has 0 saturated heterocycles. The number of nitriles is 1. The van der Waals surface area contributed by atoms with Crippen LogP contribution in [-0.4, -0.2) is 15.0 Å². The van der Waals surface area contributed by atoms with Crippen LogP contribution in [0.1, 0.15) is 28.8 Å². The van der Waals surface area contributed by atoms with Gasteiger partial charge in [-0.15, -0.1) is 0 Å². The molecule has 7 heteroatoms. The third-order valence-electron chi connectivity index (χ3n) is 4.49. The average Bonchev–Trinajstić information content (AvgIpc) is 3.05. The zero-order valence-electron chi connectivity index (χ0n) is 14.1. The molecule has 1 amide bonds. The number of aromatic nitrogens is 2. The summed E-state index contributed by atoms with van der Waals surface area (Å²) < 4.78 is 2.27. The van der Waals surface area contributed by atoms with Gasteiger partial charge < -0.3 is 5.32 Å². The Balaban J connectivity index is 1.97. The molecule has 1 aliphatic rings. The molecule has 3 rings (SSSR count). The van der Waals surface area contributed by atoms with Gasteiger partial charge >= 0.3 is 5.69 Å². The highest BCUT2D eigenvalue weighted by Crippen LogP contribution is 2.19. The minimum Gasteiger partial charge on any atom is -0.324 e. The number of nitrogens with one attached hydrogen (secondary N) is 1. The molecule has 0 fully saturated rings. The molecule has 128 valence electrons. The molecule has 1 aromatic heterocycles. The van der Waals surface area contributed by atoms with Crippen LogP contribution in [-0.2, 0) is 24.3 Å². The molecular weight excluding hydrogens is 320 g/mol. The summed E-state index contributed by atoms with van der Waals surface area (Å²) in [5.41, 5.74) is 1.65.